The zero-order valence-electron chi connectivity index (χ0n) is 14.5. The lowest BCUT2D eigenvalue weighted by atomic mass is 10.1. The third kappa shape index (κ3) is 3.15. The molecule has 2 aromatic carbocycles. The molecule has 0 spiro atoms. The highest BCUT2D eigenvalue weighted by Gasteiger charge is 2.35. The van der Waals surface area contributed by atoms with Crippen LogP contribution in [0.1, 0.15) is 11.9 Å². The number of nitrogens with zero attached hydrogens (tertiary/aromatic N) is 2. The number of hydrogen-bond acceptors (Lipinski definition) is 5. The molecule has 0 fully saturated rings. The van der Waals surface area contributed by atoms with Gasteiger partial charge >= 0.3 is 0 Å². The number of rotatable bonds is 3. The molecule has 28 heavy (non-hydrogen) atoms. The molecule has 4 rings (SSSR count). The molecule has 1 N–H and O–H groups in total. The Morgan fingerprint density at radius 1 is 1.07 bits per heavy atom. The first-order valence-electron chi connectivity index (χ1n) is 8.43. The number of carbonyl (C=O) groups excluding carboxylic acids is 1. The van der Waals surface area contributed by atoms with Crippen LogP contribution in [-0.4, -0.2) is 5.91 Å². The highest BCUT2D eigenvalue weighted by Crippen LogP contribution is 2.38. The lowest BCUT2D eigenvalue weighted by molar-refractivity contribution is -0.118. The van der Waals surface area contributed by atoms with Crippen LogP contribution >= 0.6 is 24.2 Å². The van der Waals surface area contributed by atoms with Gasteiger partial charge in [-0.2, -0.15) is 5.26 Å². The molecule has 0 saturated carbocycles. The number of nitrogens with one attached hydrogen (secondary N) is 1. The standard InChI is InChI=1S/C21H14ClN3O2S/c22-16-9-5-4-8-14(16)17-10-11-18(27-17)19-24-20(26)15(12-23)21(28)25(19)13-6-2-1-3-7-13/h1-11,19,28H,(H,24,26)/t19-/m1/s1. The Morgan fingerprint density at radius 3 is 2.50 bits per heavy atom. The van der Waals surface area contributed by atoms with Crippen molar-refractivity contribution in [3.8, 4) is 17.4 Å². The minimum Gasteiger partial charge on any atom is -0.457 e. The van der Waals surface area contributed by atoms with Crippen molar-refractivity contribution in [1.82, 2.24) is 5.32 Å². The molecule has 0 bridgehead atoms. The average Bonchev–Trinajstić information content (AvgIpc) is 3.19. The third-order valence-electron chi connectivity index (χ3n) is 4.39. The first kappa shape index (κ1) is 18.2. The Morgan fingerprint density at radius 2 is 1.79 bits per heavy atom. The summed E-state index contributed by atoms with van der Waals surface area (Å²) in [7, 11) is 0. The van der Waals surface area contributed by atoms with Crippen molar-refractivity contribution in [3.05, 3.63) is 88.1 Å². The van der Waals surface area contributed by atoms with Crippen LogP contribution in [0.3, 0.4) is 0 Å². The van der Waals surface area contributed by atoms with E-state index in [1.165, 1.54) is 0 Å². The first-order chi connectivity index (χ1) is 13.6. The van der Waals surface area contributed by atoms with E-state index in [1.54, 1.807) is 23.1 Å². The zero-order chi connectivity index (χ0) is 19.7. The molecule has 7 heteroatoms. The Kier molecular flexibility index (Phi) is 4.86. The smallest absolute Gasteiger partial charge is 0.266 e. The zero-order valence-corrected chi connectivity index (χ0v) is 16.1. The second-order valence-corrected chi connectivity index (χ2v) is 6.90. The van der Waals surface area contributed by atoms with Crippen molar-refractivity contribution in [3.63, 3.8) is 0 Å². The summed E-state index contributed by atoms with van der Waals surface area (Å²) in [6.07, 6.45) is -0.657. The van der Waals surface area contributed by atoms with E-state index in [4.69, 9.17) is 16.0 Å². The molecule has 138 valence electrons. The van der Waals surface area contributed by atoms with E-state index in [1.807, 2.05) is 54.6 Å². The van der Waals surface area contributed by atoms with E-state index >= 15 is 0 Å². The van der Waals surface area contributed by atoms with Crippen LogP contribution in [0.4, 0.5) is 5.69 Å². The first-order valence-corrected chi connectivity index (χ1v) is 9.26. The molecule has 0 unspecified atom stereocenters. The Labute approximate surface area is 172 Å². The number of thiol groups is 1. The number of halogens is 1. The van der Waals surface area contributed by atoms with Gasteiger partial charge in [0.25, 0.3) is 5.91 Å². The van der Waals surface area contributed by atoms with Crippen molar-refractivity contribution in [2.75, 3.05) is 4.90 Å². The van der Waals surface area contributed by atoms with Crippen LogP contribution in [0.2, 0.25) is 5.02 Å². The van der Waals surface area contributed by atoms with Gasteiger partial charge in [0.2, 0.25) is 0 Å². The van der Waals surface area contributed by atoms with Crippen molar-refractivity contribution >= 4 is 35.8 Å². The van der Waals surface area contributed by atoms with Crippen molar-refractivity contribution in [2.24, 2.45) is 0 Å². The Bertz CT molecular complexity index is 1120. The minimum atomic E-state index is -0.657. The average molecular weight is 408 g/mol. The van der Waals surface area contributed by atoms with Gasteiger partial charge in [0, 0.05) is 11.3 Å². The van der Waals surface area contributed by atoms with E-state index in [2.05, 4.69) is 17.9 Å². The summed E-state index contributed by atoms with van der Waals surface area (Å²) in [5, 5.41) is 13.0. The van der Waals surface area contributed by atoms with E-state index < -0.39 is 12.1 Å². The second kappa shape index (κ2) is 7.47. The highest BCUT2D eigenvalue weighted by atomic mass is 35.5. The SMILES string of the molecule is N#CC1=C(S)N(c2ccccc2)[C@H](c2ccc(-c3ccccc3Cl)o2)NC1=O. The van der Waals surface area contributed by atoms with Gasteiger partial charge in [-0.25, -0.2) is 0 Å². The molecule has 1 aliphatic heterocycles. The highest BCUT2D eigenvalue weighted by molar-refractivity contribution is 7.84. The summed E-state index contributed by atoms with van der Waals surface area (Å²) in [5.41, 5.74) is 1.46. The Balaban J connectivity index is 1.80. The largest absolute Gasteiger partial charge is 0.457 e. The van der Waals surface area contributed by atoms with Gasteiger partial charge < -0.3 is 14.6 Å². The molecule has 1 atom stereocenters. The lowest BCUT2D eigenvalue weighted by Crippen LogP contribution is -2.45. The number of nitriles is 1. The summed E-state index contributed by atoms with van der Waals surface area (Å²) < 4.78 is 6.03. The quantitative estimate of drug-likeness (QED) is 0.606. The summed E-state index contributed by atoms with van der Waals surface area (Å²) in [4.78, 5) is 14.1. The third-order valence-corrected chi connectivity index (χ3v) is 5.16. The number of hydrogen-bond donors (Lipinski definition) is 2. The van der Waals surface area contributed by atoms with Crippen molar-refractivity contribution in [1.29, 1.82) is 5.26 Å². The van der Waals surface area contributed by atoms with Crippen LogP contribution in [-0.2, 0) is 4.79 Å². The molecular weight excluding hydrogens is 394 g/mol. The molecule has 0 saturated heterocycles. The number of furan rings is 1. The fraction of sp³-hybridized carbons (Fsp3) is 0.0476. The van der Waals surface area contributed by atoms with Gasteiger partial charge in [0.15, 0.2) is 6.17 Å². The van der Waals surface area contributed by atoms with Crippen LogP contribution in [0.15, 0.2) is 81.7 Å². The fourth-order valence-corrected chi connectivity index (χ4v) is 3.68. The van der Waals surface area contributed by atoms with Crippen molar-refractivity contribution < 1.29 is 9.21 Å². The van der Waals surface area contributed by atoms with E-state index in [0.29, 0.717) is 16.5 Å². The number of carbonyl (C=O) groups is 1. The summed E-state index contributed by atoms with van der Waals surface area (Å²) >= 11 is 10.7. The van der Waals surface area contributed by atoms with E-state index in [0.717, 1.165) is 11.3 Å². The maximum Gasteiger partial charge on any atom is 0.266 e. The van der Waals surface area contributed by atoms with Gasteiger partial charge in [-0.1, -0.05) is 41.9 Å². The molecule has 0 aliphatic carbocycles. The van der Waals surface area contributed by atoms with E-state index in [-0.39, 0.29) is 10.6 Å². The van der Waals surface area contributed by atoms with Crippen LogP contribution in [0, 0.1) is 11.3 Å². The molecular formula is C21H14ClN3O2S. The predicted octanol–water partition coefficient (Wildman–Crippen LogP) is 4.90. The fourth-order valence-electron chi connectivity index (χ4n) is 3.07. The molecule has 1 amide bonds. The lowest BCUT2D eigenvalue weighted by Gasteiger charge is -2.36. The number of amides is 1. The number of benzene rings is 2. The molecule has 2 heterocycles. The summed E-state index contributed by atoms with van der Waals surface area (Å²) in [6.45, 7) is 0. The minimum absolute atomic E-state index is 0.0543. The predicted molar refractivity (Wildman–Crippen MR) is 111 cm³/mol. The van der Waals surface area contributed by atoms with Crippen LogP contribution in [0.5, 0.6) is 0 Å². The number of anilines is 1. The molecule has 3 aromatic rings. The van der Waals surface area contributed by atoms with Gasteiger partial charge in [0.1, 0.15) is 23.2 Å². The van der Waals surface area contributed by atoms with Crippen LogP contribution in [0.25, 0.3) is 11.3 Å². The monoisotopic (exact) mass is 407 g/mol. The topological polar surface area (TPSA) is 69.3 Å². The Hall–Kier alpha value is -3.14. The molecule has 1 aliphatic rings. The van der Waals surface area contributed by atoms with Gasteiger partial charge in [-0.3, -0.25) is 4.79 Å². The normalized spacial score (nSPS) is 16.7. The van der Waals surface area contributed by atoms with Gasteiger partial charge in [-0.15, -0.1) is 12.6 Å². The maximum atomic E-state index is 12.4. The van der Waals surface area contributed by atoms with E-state index in [9.17, 15) is 10.1 Å². The molecule has 0 radical (unpaired) electrons. The second-order valence-electron chi connectivity index (χ2n) is 6.07. The summed E-state index contributed by atoms with van der Waals surface area (Å²) in [6, 6.07) is 22.2. The molecule has 1 aromatic heterocycles. The van der Waals surface area contributed by atoms with Crippen LogP contribution < -0.4 is 10.2 Å². The summed E-state index contributed by atoms with van der Waals surface area (Å²) in [5.74, 6) is 0.578. The number of para-hydroxylation sites is 1. The molecule has 5 nitrogen and oxygen atoms in total. The van der Waals surface area contributed by atoms with Crippen molar-refractivity contribution in [2.45, 2.75) is 6.17 Å². The van der Waals surface area contributed by atoms with Gasteiger partial charge in [-0.05, 0) is 36.4 Å². The van der Waals surface area contributed by atoms with Gasteiger partial charge in [0.05, 0.1) is 10.1 Å². The maximum absolute atomic E-state index is 12.4.